The van der Waals surface area contributed by atoms with Gasteiger partial charge in [-0.2, -0.15) is 0 Å². The van der Waals surface area contributed by atoms with Gasteiger partial charge in [-0.05, 0) is 52.2 Å². The van der Waals surface area contributed by atoms with Crippen LogP contribution in [0.15, 0.2) is 24.4 Å². The van der Waals surface area contributed by atoms with Crippen LogP contribution in [0, 0.1) is 0 Å². The number of nitrogens with one attached hydrogen (secondary N) is 1. The molecule has 4 rings (SSSR count). The lowest BCUT2D eigenvalue weighted by atomic mass is 10.0. The second-order valence-electron chi connectivity index (χ2n) is 9.97. The van der Waals surface area contributed by atoms with Crippen LogP contribution in [-0.4, -0.2) is 69.5 Å². The molecule has 1 fully saturated rings. The van der Waals surface area contributed by atoms with Crippen molar-refractivity contribution in [3.8, 4) is 11.3 Å². The number of rotatable bonds is 5. The summed E-state index contributed by atoms with van der Waals surface area (Å²) in [6.07, 6.45) is 3.37. The van der Waals surface area contributed by atoms with Crippen LogP contribution in [-0.2, 0) is 16.1 Å². The van der Waals surface area contributed by atoms with Gasteiger partial charge in [-0.1, -0.05) is 23.7 Å². The number of carbonyl (C=O) groups excluding carboxylic acids is 2. The van der Waals surface area contributed by atoms with Crippen LogP contribution in [0.3, 0.4) is 0 Å². The van der Waals surface area contributed by atoms with E-state index in [0.29, 0.717) is 42.0 Å². The van der Waals surface area contributed by atoms with Gasteiger partial charge in [-0.15, -0.1) is 0 Å². The Morgan fingerprint density at radius 2 is 2.00 bits per heavy atom. The number of ether oxygens (including phenoxy) is 1. The van der Waals surface area contributed by atoms with Gasteiger partial charge in [-0.25, -0.2) is 9.97 Å². The largest absolute Gasteiger partial charge is 0.381 e. The Morgan fingerprint density at radius 3 is 2.68 bits per heavy atom. The Balaban J connectivity index is 1.56. The molecule has 0 aliphatic carbocycles. The van der Waals surface area contributed by atoms with E-state index in [2.05, 4.69) is 15.3 Å². The summed E-state index contributed by atoms with van der Waals surface area (Å²) in [6.45, 7) is 9.53. The van der Waals surface area contributed by atoms with E-state index < -0.39 is 6.04 Å². The molecule has 2 aliphatic heterocycles. The second kappa shape index (κ2) is 9.50. The molecule has 34 heavy (non-hydrogen) atoms. The minimum absolute atomic E-state index is 0.0865. The summed E-state index contributed by atoms with van der Waals surface area (Å²) in [5.41, 5.74) is 2.44. The number of amides is 2. The van der Waals surface area contributed by atoms with E-state index in [1.165, 1.54) is 0 Å². The maximum atomic E-state index is 13.3. The number of aromatic nitrogens is 2. The fraction of sp³-hybridized carbons (Fsp3) is 0.520. The Bertz CT molecular complexity index is 1090. The molecule has 2 aliphatic rings. The molecule has 9 heteroatoms. The summed E-state index contributed by atoms with van der Waals surface area (Å²) in [6, 6.07) is 5.33. The zero-order chi connectivity index (χ0) is 24.6. The molecule has 8 nitrogen and oxygen atoms in total. The number of likely N-dealkylation sites (N-methyl/N-ethyl adjacent to an activating group) is 1. The number of halogens is 1. The number of fused-ring (bicyclic) bond motifs is 1. The summed E-state index contributed by atoms with van der Waals surface area (Å²) in [5.74, 6) is 0.256. The molecule has 1 atom stereocenters. The SMILES string of the molecule is CC(C(=O)N(C)C(C)(C)C)N1Cc2ccc(-c3nc(NC4CCOCC4)ncc3Cl)cc2C1=O. The third-order valence-corrected chi connectivity index (χ3v) is 6.95. The van der Waals surface area contributed by atoms with Gasteiger partial charge in [0.1, 0.15) is 6.04 Å². The standard InChI is InChI=1S/C25H32ClN5O3/c1-15(22(32)30(5)25(2,3)4)31-14-17-7-6-16(12-19(17)23(31)33)21-20(26)13-27-24(29-21)28-18-8-10-34-11-9-18/h6-7,12-13,15,18H,8-11,14H2,1-5H3,(H,27,28,29). The van der Waals surface area contributed by atoms with Gasteiger partial charge < -0.3 is 19.9 Å². The van der Waals surface area contributed by atoms with Gasteiger partial charge in [0.2, 0.25) is 11.9 Å². The molecule has 1 N–H and O–H groups in total. The first-order chi connectivity index (χ1) is 16.1. The first-order valence-corrected chi connectivity index (χ1v) is 12.0. The Labute approximate surface area is 205 Å². The molecular weight excluding hydrogens is 454 g/mol. The summed E-state index contributed by atoms with van der Waals surface area (Å²) in [4.78, 5) is 38.5. The third-order valence-electron chi connectivity index (χ3n) is 6.68. The number of nitrogens with zero attached hydrogens (tertiary/aromatic N) is 4. The summed E-state index contributed by atoms with van der Waals surface area (Å²) >= 11 is 6.44. The van der Waals surface area contributed by atoms with E-state index in [9.17, 15) is 9.59 Å². The van der Waals surface area contributed by atoms with Crippen molar-refractivity contribution < 1.29 is 14.3 Å². The molecule has 0 radical (unpaired) electrons. The number of benzene rings is 1. The molecule has 1 saturated heterocycles. The maximum absolute atomic E-state index is 13.3. The van der Waals surface area contributed by atoms with Crippen molar-refractivity contribution in [3.05, 3.63) is 40.5 Å². The first kappa shape index (κ1) is 24.4. The van der Waals surface area contributed by atoms with Crippen LogP contribution < -0.4 is 5.32 Å². The molecule has 1 unspecified atom stereocenters. The number of anilines is 1. The number of carbonyl (C=O) groups is 2. The highest BCUT2D eigenvalue weighted by Crippen LogP contribution is 2.33. The molecule has 2 amide bonds. The van der Waals surface area contributed by atoms with E-state index >= 15 is 0 Å². The third kappa shape index (κ3) is 4.88. The molecule has 182 valence electrons. The number of hydrogen-bond acceptors (Lipinski definition) is 6. The zero-order valence-corrected chi connectivity index (χ0v) is 21.1. The average molecular weight is 486 g/mol. The van der Waals surface area contributed by atoms with Crippen molar-refractivity contribution in [1.82, 2.24) is 19.8 Å². The van der Waals surface area contributed by atoms with Gasteiger partial charge in [-0.3, -0.25) is 9.59 Å². The lowest BCUT2D eigenvalue weighted by molar-refractivity contribution is -0.138. The maximum Gasteiger partial charge on any atom is 0.255 e. The van der Waals surface area contributed by atoms with Crippen molar-refractivity contribution >= 4 is 29.4 Å². The predicted octanol–water partition coefficient (Wildman–Crippen LogP) is 3.99. The van der Waals surface area contributed by atoms with Crippen molar-refractivity contribution in [2.24, 2.45) is 0 Å². The number of hydrogen-bond donors (Lipinski definition) is 1. The first-order valence-electron chi connectivity index (χ1n) is 11.6. The predicted molar refractivity (Wildman–Crippen MR) is 132 cm³/mol. The molecule has 1 aromatic carbocycles. The van der Waals surface area contributed by atoms with E-state index in [0.717, 1.165) is 24.0 Å². The van der Waals surface area contributed by atoms with E-state index in [1.54, 1.807) is 30.0 Å². The van der Waals surface area contributed by atoms with Crippen LogP contribution in [0.4, 0.5) is 5.95 Å². The van der Waals surface area contributed by atoms with Crippen molar-refractivity contribution in [2.75, 3.05) is 25.6 Å². The van der Waals surface area contributed by atoms with Gasteiger partial charge in [0.25, 0.3) is 5.91 Å². The monoisotopic (exact) mass is 485 g/mol. The Morgan fingerprint density at radius 1 is 1.29 bits per heavy atom. The molecular formula is C25H32ClN5O3. The van der Waals surface area contributed by atoms with Crippen LogP contribution in [0.25, 0.3) is 11.3 Å². The minimum Gasteiger partial charge on any atom is -0.381 e. The van der Waals surface area contributed by atoms with Crippen LogP contribution in [0.2, 0.25) is 5.02 Å². The second-order valence-corrected chi connectivity index (χ2v) is 10.4. The Hall–Kier alpha value is -2.71. The molecule has 1 aromatic heterocycles. The smallest absolute Gasteiger partial charge is 0.255 e. The topological polar surface area (TPSA) is 87.7 Å². The van der Waals surface area contributed by atoms with Gasteiger partial charge in [0, 0.05) is 49.5 Å². The summed E-state index contributed by atoms with van der Waals surface area (Å²) in [7, 11) is 1.77. The molecule has 0 spiro atoms. The normalized spacial score (nSPS) is 17.5. The molecule has 3 heterocycles. The summed E-state index contributed by atoms with van der Waals surface area (Å²) in [5, 5.41) is 3.77. The quantitative estimate of drug-likeness (QED) is 0.689. The van der Waals surface area contributed by atoms with E-state index in [1.807, 2.05) is 39.0 Å². The van der Waals surface area contributed by atoms with Crippen LogP contribution >= 0.6 is 11.6 Å². The van der Waals surface area contributed by atoms with E-state index in [4.69, 9.17) is 16.3 Å². The lowest BCUT2D eigenvalue weighted by Gasteiger charge is -2.36. The van der Waals surface area contributed by atoms with E-state index in [-0.39, 0.29) is 23.4 Å². The fourth-order valence-corrected chi connectivity index (χ4v) is 4.39. The minimum atomic E-state index is -0.564. The average Bonchev–Trinajstić information content (AvgIpc) is 3.14. The summed E-state index contributed by atoms with van der Waals surface area (Å²) < 4.78 is 5.41. The van der Waals surface area contributed by atoms with Gasteiger partial charge in [0.15, 0.2) is 0 Å². The molecule has 0 saturated carbocycles. The highest BCUT2D eigenvalue weighted by Gasteiger charge is 2.37. The zero-order valence-electron chi connectivity index (χ0n) is 20.4. The molecule has 2 aromatic rings. The Kier molecular flexibility index (Phi) is 6.82. The highest BCUT2D eigenvalue weighted by molar-refractivity contribution is 6.33. The van der Waals surface area contributed by atoms with Crippen LogP contribution in [0.1, 0.15) is 56.5 Å². The van der Waals surface area contributed by atoms with Crippen LogP contribution in [0.5, 0.6) is 0 Å². The van der Waals surface area contributed by atoms with Crippen molar-refractivity contribution in [3.63, 3.8) is 0 Å². The van der Waals surface area contributed by atoms with Crippen molar-refractivity contribution in [2.45, 2.75) is 64.7 Å². The highest BCUT2D eigenvalue weighted by atomic mass is 35.5. The lowest BCUT2D eigenvalue weighted by Crippen LogP contribution is -2.51. The van der Waals surface area contributed by atoms with Gasteiger partial charge >= 0.3 is 0 Å². The van der Waals surface area contributed by atoms with Gasteiger partial charge in [0.05, 0.1) is 16.9 Å². The van der Waals surface area contributed by atoms with Crippen molar-refractivity contribution in [1.29, 1.82) is 0 Å². The molecule has 0 bridgehead atoms. The fourth-order valence-electron chi connectivity index (χ4n) is 4.19.